The zero-order chi connectivity index (χ0) is 20.5. The van der Waals surface area contributed by atoms with Crippen molar-refractivity contribution in [3.05, 3.63) is 29.8 Å². The molecule has 0 spiro atoms. The highest BCUT2D eigenvalue weighted by atomic mass is 32.2. The van der Waals surface area contributed by atoms with Crippen LogP contribution >= 0.6 is 0 Å². The van der Waals surface area contributed by atoms with Crippen LogP contribution in [0.4, 0.5) is 0 Å². The summed E-state index contributed by atoms with van der Waals surface area (Å²) in [5, 5.41) is 2.71. The molecule has 0 saturated carbocycles. The van der Waals surface area contributed by atoms with Crippen molar-refractivity contribution < 1.29 is 22.7 Å². The van der Waals surface area contributed by atoms with Crippen molar-refractivity contribution in [2.75, 3.05) is 6.54 Å². The Hall–Kier alpha value is -2.42. The number of hydrogen-bond donors (Lipinski definition) is 1. The predicted octanol–water partition coefficient (Wildman–Crippen LogP) is 1.45. The standard InChI is InChI=1S/C19H25N3O5S/c1-12(2)20-18(23)13(3)27-19(24)15-9-6-7-11-22(15)17-14-8-4-5-10-16(14)28(25,26)21-17/h4-5,8,10,12-13,15H,6-7,9,11H2,1-3H3,(H,20,23)/t13-,15+/m0/s1. The second kappa shape index (κ2) is 7.90. The molecule has 2 aliphatic rings. The van der Waals surface area contributed by atoms with Gasteiger partial charge in [-0.2, -0.15) is 8.42 Å². The van der Waals surface area contributed by atoms with Crippen LogP contribution in [0, 0.1) is 0 Å². The first-order chi connectivity index (χ1) is 13.2. The fourth-order valence-corrected chi connectivity index (χ4v) is 4.65. The SMILES string of the molecule is CC(C)NC(=O)[C@H](C)OC(=O)[C@H]1CCCCN1C1=NS(=O)(=O)c2ccccc21. The number of carbonyl (C=O) groups excluding carboxylic acids is 2. The van der Waals surface area contributed by atoms with Gasteiger partial charge in [0.05, 0.1) is 0 Å². The van der Waals surface area contributed by atoms with Gasteiger partial charge in [-0.15, -0.1) is 4.40 Å². The second-order valence-electron chi connectivity index (χ2n) is 7.33. The zero-order valence-electron chi connectivity index (χ0n) is 16.2. The maximum atomic E-state index is 12.8. The third-order valence-electron chi connectivity index (χ3n) is 4.75. The van der Waals surface area contributed by atoms with Gasteiger partial charge >= 0.3 is 5.97 Å². The minimum Gasteiger partial charge on any atom is -0.451 e. The molecule has 1 fully saturated rings. The maximum Gasteiger partial charge on any atom is 0.329 e. The van der Waals surface area contributed by atoms with Crippen LogP contribution in [0.25, 0.3) is 0 Å². The molecule has 0 aromatic heterocycles. The summed E-state index contributed by atoms with van der Waals surface area (Å²) in [6.07, 6.45) is 1.21. The van der Waals surface area contributed by atoms with E-state index in [-0.39, 0.29) is 22.7 Å². The Balaban J connectivity index is 1.82. The first kappa shape index (κ1) is 20.3. The van der Waals surface area contributed by atoms with E-state index in [2.05, 4.69) is 9.71 Å². The molecule has 0 unspecified atom stereocenters. The summed E-state index contributed by atoms with van der Waals surface area (Å²) in [7, 11) is -3.77. The van der Waals surface area contributed by atoms with Gasteiger partial charge in [-0.05, 0) is 52.2 Å². The Bertz CT molecular complexity index is 910. The van der Waals surface area contributed by atoms with Crippen molar-refractivity contribution in [1.29, 1.82) is 0 Å². The number of amidine groups is 1. The van der Waals surface area contributed by atoms with Crippen molar-refractivity contribution in [1.82, 2.24) is 10.2 Å². The van der Waals surface area contributed by atoms with Crippen molar-refractivity contribution in [2.45, 2.75) is 63.1 Å². The van der Waals surface area contributed by atoms with Gasteiger partial charge in [0, 0.05) is 18.2 Å². The summed E-state index contributed by atoms with van der Waals surface area (Å²) in [5.74, 6) is -0.635. The molecule has 1 saturated heterocycles. The molecular formula is C19H25N3O5S. The number of nitrogens with zero attached hydrogens (tertiary/aromatic N) is 2. The van der Waals surface area contributed by atoms with E-state index in [1.807, 2.05) is 13.8 Å². The first-order valence-corrected chi connectivity index (χ1v) is 10.9. The number of benzene rings is 1. The molecule has 2 heterocycles. The highest BCUT2D eigenvalue weighted by Crippen LogP contribution is 2.31. The number of fused-ring (bicyclic) bond motifs is 1. The number of carbonyl (C=O) groups is 2. The van der Waals surface area contributed by atoms with Gasteiger partial charge in [-0.3, -0.25) is 4.79 Å². The molecule has 0 bridgehead atoms. The van der Waals surface area contributed by atoms with Gasteiger partial charge in [-0.25, -0.2) is 4.79 Å². The lowest BCUT2D eigenvalue weighted by molar-refractivity contribution is -0.159. The van der Waals surface area contributed by atoms with Crippen LogP contribution in [0.3, 0.4) is 0 Å². The highest BCUT2D eigenvalue weighted by Gasteiger charge is 2.39. The molecule has 8 nitrogen and oxygen atoms in total. The van der Waals surface area contributed by atoms with Gasteiger partial charge in [0.25, 0.3) is 15.9 Å². The Morgan fingerprint density at radius 2 is 1.93 bits per heavy atom. The third kappa shape index (κ3) is 4.04. The first-order valence-electron chi connectivity index (χ1n) is 9.42. The Morgan fingerprint density at radius 3 is 2.64 bits per heavy atom. The molecule has 1 amide bonds. The van der Waals surface area contributed by atoms with E-state index in [0.29, 0.717) is 18.5 Å². The molecule has 2 aliphatic heterocycles. The number of rotatable bonds is 4. The summed E-state index contributed by atoms with van der Waals surface area (Å²) in [5.41, 5.74) is 0.493. The summed E-state index contributed by atoms with van der Waals surface area (Å²) in [6.45, 7) is 5.67. The van der Waals surface area contributed by atoms with E-state index in [0.717, 1.165) is 12.8 Å². The fourth-order valence-electron chi connectivity index (χ4n) is 3.43. The molecule has 2 atom stereocenters. The number of esters is 1. The summed E-state index contributed by atoms with van der Waals surface area (Å²) in [6, 6.07) is 5.85. The summed E-state index contributed by atoms with van der Waals surface area (Å²) >= 11 is 0. The van der Waals surface area contributed by atoms with Gasteiger partial charge in [0.15, 0.2) is 11.9 Å². The van der Waals surface area contributed by atoms with E-state index >= 15 is 0 Å². The molecule has 28 heavy (non-hydrogen) atoms. The average Bonchev–Trinajstić information content (AvgIpc) is 2.92. The highest BCUT2D eigenvalue weighted by molar-refractivity contribution is 7.90. The van der Waals surface area contributed by atoms with E-state index in [1.54, 1.807) is 23.1 Å². The second-order valence-corrected chi connectivity index (χ2v) is 8.91. The number of amides is 1. The fraction of sp³-hybridized carbons (Fsp3) is 0.526. The van der Waals surface area contributed by atoms with Gasteiger partial charge < -0.3 is 15.0 Å². The largest absolute Gasteiger partial charge is 0.451 e. The maximum absolute atomic E-state index is 12.8. The van der Waals surface area contributed by atoms with Gasteiger partial charge in [-0.1, -0.05) is 12.1 Å². The Labute approximate surface area is 165 Å². The molecule has 9 heteroatoms. The van der Waals surface area contributed by atoms with Crippen LogP contribution in [0.2, 0.25) is 0 Å². The van der Waals surface area contributed by atoms with Crippen molar-refractivity contribution in [3.8, 4) is 0 Å². The number of ether oxygens (including phenoxy) is 1. The summed E-state index contributed by atoms with van der Waals surface area (Å²) in [4.78, 5) is 26.7. The Morgan fingerprint density at radius 1 is 1.21 bits per heavy atom. The minimum absolute atomic E-state index is 0.0608. The molecular weight excluding hydrogens is 382 g/mol. The van der Waals surface area contributed by atoms with Crippen LogP contribution in [0.1, 0.15) is 45.6 Å². The predicted molar refractivity (Wildman–Crippen MR) is 103 cm³/mol. The van der Waals surface area contributed by atoms with E-state index < -0.39 is 28.1 Å². The lowest BCUT2D eigenvalue weighted by Crippen LogP contribution is -2.50. The van der Waals surface area contributed by atoms with Crippen molar-refractivity contribution >= 4 is 27.7 Å². The van der Waals surface area contributed by atoms with Crippen LogP contribution in [0.5, 0.6) is 0 Å². The number of nitrogens with one attached hydrogen (secondary N) is 1. The quantitative estimate of drug-likeness (QED) is 0.758. The van der Waals surface area contributed by atoms with Crippen LogP contribution in [0.15, 0.2) is 33.6 Å². The smallest absolute Gasteiger partial charge is 0.329 e. The topological polar surface area (TPSA) is 105 Å². The number of piperidine rings is 1. The number of hydrogen-bond acceptors (Lipinski definition) is 6. The van der Waals surface area contributed by atoms with Gasteiger partial charge in [0.2, 0.25) is 0 Å². The van der Waals surface area contributed by atoms with Crippen LogP contribution in [-0.2, 0) is 24.3 Å². The average molecular weight is 407 g/mol. The normalized spacial score (nSPS) is 21.6. The molecule has 0 radical (unpaired) electrons. The van der Waals surface area contributed by atoms with Crippen LogP contribution in [-0.4, -0.2) is 55.8 Å². The van der Waals surface area contributed by atoms with Crippen LogP contribution < -0.4 is 5.32 Å². The number of sulfonamides is 1. The molecule has 1 N–H and O–H groups in total. The molecule has 3 rings (SSSR count). The number of likely N-dealkylation sites (tertiary alicyclic amines) is 1. The molecule has 0 aliphatic carbocycles. The van der Waals surface area contributed by atoms with Crippen molar-refractivity contribution in [3.63, 3.8) is 0 Å². The lowest BCUT2D eigenvalue weighted by Gasteiger charge is -2.35. The third-order valence-corrected chi connectivity index (χ3v) is 6.08. The molecule has 152 valence electrons. The monoisotopic (exact) mass is 407 g/mol. The Kier molecular flexibility index (Phi) is 5.74. The van der Waals surface area contributed by atoms with Gasteiger partial charge in [0.1, 0.15) is 10.9 Å². The summed E-state index contributed by atoms with van der Waals surface area (Å²) < 4.78 is 34.0. The molecule has 1 aromatic carbocycles. The minimum atomic E-state index is -3.77. The molecule has 1 aromatic rings. The zero-order valence-corrected chi connectivity index (χ0v) is 17.0. The van der Waals surface area contributed by atoms with E-state index in [4.69, 9.17) is 4.74 Å². The van der Waals surface area contributed by atoms with E-state index in [9.17, 15) is 18.0 Å². The lowest BCUT2D eigenvalue weighted by atomic mass is 10.0. The van der Waals surface area contributed by atoms with Crippen molar-refractivity contribution in [2.24, 2.45) is 4.40 Å². The van der Waals surface area contributed by atoms with E-state index in [1.165, 1.54) is 13.0 Å².